The van der Waals surface area contributed by atoms with Crippen LogP contribution in [0.5, 0.6) is 0 Å². The van der Waals surface area contributed by atoms with Crippen LogP contribution in [0, 0.1) is 11.8 Å². The quantitative estimate of drug-likeness (QED) is 0.604. The summed E-state index contributed by atoms with van der Waals surface area (Å²) in [5, 5.41) is 3.32. The highest BCUT2D eigenvalue weighted by Gasteiger charge is 2.28. The van der Waals surface area contributed by atoms with E-state index in [1.807, 2.05) is 42.6 Å². The van der Waals surface area contributed by atoms with Gasteiger partial charge >= 0.3 is 0 Å². The predicted octanol–water partition coefficient (Wildman–Crippen LogP) is 4.31. The van der Waals surface area contributed by atoms with E-state index in [0.717, 1.165) is 49.0 Å². The lowest BCUT2D eigenvalue weighted by Gasteiger charge is -2.28. The minimum absolute atomic E-state index is 0.0597. The molecule has 1 amide bonds. The molecule has 5 heteroatoms. The minimum atomic E-state index is -0.177. The van der Waals surface area contributed by atoms with E-state index < -0.39 is 0 Å². The molecule has 1 aliphatic rings. The van der Waals surface area contributed by atoms with Crippen LogP contribution in [0.2, 0.25) is 0 Å². The second kappa shape index (κ2) is 10.3. The molecule has 1 saturated carbocycles. The number of nitrogens with one attached hydrogen (secondary N) is 1. The van der Waals surface area contributed by atoms with Crippen molar-refractivity contribution in [2.24, 2.45) is 17.6 Å². The largest absolute Gasteiger partial charge is 0.347 e. The van der Waals surface area contributed by atoms with Crippen molar-refractivity contribution in [2.45, 2.75) is 38.1 Å². The number of rotatable bonds is 7. The Morgan fingerprint density at radius 2 is 1.68 bits per heavy atom. The van der Waals surface area contributed by atoms with Gasteiger partial charge in [-0.3, -0.25) is 14.8 Å². The van der Waals surface area contributed by atoms with Crippen LogP contribution in [0.4, 0.5) is 0 Å². The molecule has 1 atom stereocenters. The third-order valence-electron chi connectivity index (χ3n) is 6.30. The molecule has 2 heterocycles. The SMILES string of the molecule is NC[C@H]1CC[C@H](C(=O)NC(Cc2ccccc2)c2cc(-c3ccncc3)ccn2)CC1. The zero-order valence-electron chi connectivity index (χ0n) is 17.8. The average Bonchev–Trinajstić information content (AvgIpc) is 2.85. The zero-order chi connectivity index (χ0) is 21.5. The number of aromatic nitrogens is 2. The van der Waals surface area contributed by atoms with Gasteiger partial charge in [0.05, 0.1) is 11.7 Å². The van der Waals surface area contributed by atoms with E-state index in [1.54, 1.807) is 12.4 Å². The van der Waals surface area contributed by atoms with Crippen LogP contribution in [-0.2, 0) is 11.2 Å². The van der Waals surface area contributed by atoms with Gasteiger partial charge in [0, 0.05) is 24.5 Å². The van der Waals surface area contributed by atoms with Gasteiger partial charge in [0.15, 0.2) is 0 Å². The molecule has 1 aromatic carbocycles. The molecular formula is C26H30N4O. The fourth-order valence-corrected chi connectivity index (χ4v) is 4.39. The van der Waals surface area contributed by atoms with Crippen LogP contribution >= 0.6 is 0 Å². The van der Waals surface area contributed by atoms with Crippen molar-refractivity contribution in [1.82, 2.24) is 15.3 Å². The summed E-state index contributed by atoms with van der Waals surface area (Å²) >= 11 is 0. The monoisotopic (exact) mass is 414 g/mol. The maximum absolute atomic E-state index is 13.1. The molecule has 1 aliphatic carbocycles. The van der Waals surface area contributed by atoms with Gasteiger partial charge in [-0.2, -0.15) is 0 Å². The first-order valence-electron chi connectivity index (χ1n) is 11.1. The maximum atomic E-state index is 13.1. The van der Waals surface area contributed by atoms with Crippen LogP contribution < -0.4 is 11.1 Å². The van der Waals surface area contributed by atoms with Crippen molar-refractivity contribution in [1.29, 1.82) is 0 Å². The maximum Gasteiger partial charge on any atom is 0.223 e. The highest BCUT2D eigenvalue weighted by Crippen LogP contribution is 2.30. The lowest BCUT2D eigenvalue weighted by atomic mass is 9.81. The summed E-state index contributed by atoms with van der Waals surface area (Å²) in [7, 11) is 0. The Kier molecular flexibility index (Phi) is 7.05. The lowest BCUT2D eigenvalue weighted by Crippen LogP contribution is -2.37. The normalized spacial score (nSPS) is 19.5. The van der Waals surface area contributed by atoms with E-state index in [2.05, 4.69) is 33.5 Å². The number of hydrogen-bond donors (Lipinski definition) is 2. The number of carbonyl (C=O) groups excluding carboxylic acids is 1. The van der Waals surface area contributed by atoms with E-state index in [9.17, 15) is 4.79 Å². The molecule has 0 saturated heterocycles. The van der Waals surface area contributed by atoms with Crippen LogP contribution in [0.3, 0.4) is 0 Å². The van der Waals surface area contributed by atoms with Gasteiger partial charge in [0.25, 0.3) is 0 Å². The van der Waals surface area contributed by atoms with Gasteiger partial charge in [-0.15, -0.1) is 0 Å². The molecule has 0 spiro atoms. The Hall–Kier alpha value is -3.05. The number of nitrogens with two attached hydrogens (primary N) is 1. The van der Waals surface area contributed by atoms with E-state index >= 15 is 0 Å². The number of hydrogen-bond acceptors (Lipinski definition) is 4. The van der Waals surface area contributed by atoms with E-state index in [-0.39, 0.29) is 17.9 Å². The zero-order valence-corrected chi connectivity index (χ0v) is 17.8. The summed E-state index contributed by atoms with van der Waals surface area (Å²) in [5.41, 5.74) is 10.0. The standard InChI is InChI=1S/C26H30N4O/c27-18-20-6-8-22(9-7-20)26(31)30-25(16-19-4-2-1-3-5-19)24-17-23(12-15-29-24)21-10-13-28-14-11-21/h1-5,10-15,17,20,22,25H,6-9,16,18,27H2,(H,30,31)/t20-,22-,25?. The molecule has 31 heavy (non-hydrogen) atoms. The highest BCUT2D eigenvalue weighted by atomic mass is 16.1. The van der Waals surface area contributed by atoms with Crippen molar-refractivity contribution in [3.05, 3.63) is 84.4 Å². The third-order valence-corrected chi connectivity index (χ3v) is 6.30. The summed E-state index contributed by atoms with van der Waals surface area (Å²) in [6.45, 7) is 0.719. The van der Waals surface area contributed by atoms with Gasteiger partial charge < -0.3 is 11.1 Å². The summed E-state index contributed by atoms with van der Waals surface area (Å²) < 4.78 is 0. The lowest BCUT2D eigenvalue weighted by molar-refractivity contribution is -0.127. The number of pyridine rings is 2. The molecule has 1 fully saturated rings. The smallest absolute Gasteiger partial charge is 0.223 e. The van der Waals surface area contributed by atoms with Gasteiger partial charge in [-0.05, 0) is 85.5 Å². The molecular weight excluding hydrogens is 384 g/mol. The average molecular weight is 415 g/mol. The number of nitrogens with zero attached hydrogens (tertiary/aromatic N) is 2. The molecule has 2 aromatic heterocycles. The van der Waals surface area contributed by atoms with Crippen LogP contribution in [0.25, 0.3) is 11.1 Å². The van der Waals surface area contributed by atoms with Crippen molar-refractivity contribution in [2.75, 3.05) is 6.54 Å². The first kappa shape index (κ1) is 21.2. The highest BCUT2D eigenvalue weighted by molar-refractivity contribution is 5.79. The second-order valence-electron chi connectivity index (χ2n) is 8.41. The topological polar surface area (TPSA) is 80.9 Å². The van der Waals surface area contributed by atoms with Gasteiger partial charge in [-0.25, -0.2) is 0 Å². The summed E-state index contributed by atoms with van der Waals surface area (Å²) in [4.78, 5) is 21.9. The summed E-state index contributed by atoms with van der Waals surface area (Å²) in [6, 6.07) is 18.1. The third kappa shape index (κ3) is 5.56. The van der Waals surface area contributed by atoms with Crippen LogP contribution in [0.1, 0.15) is 43.0 Å². The van der Waals surface area contributed by atoms with Crippen LogP contribution in [-0.4, -0.2) is 22.4 Å². The molecule has 0 bridgehead atoms. The van der Waals surface area contributed by atoms with E-state index in [1.165, 1.54) is 5.56 Å². The molecule has 3 N–H and O–H groups in total. The van der Waals surface area contributed by atoms with Crippen molar-refractivity contribution in [3.8, 4) is 11.1 Å². The Morgan fingerprint density at radius 1 is 0.968 bits per heavy atom. The van der Waals surface area contributed by atoms with Crippen molar-refractivity contribution in [3.63, 3.8) is 0 Å². The predicted molar refractivity (Wildman–Crippen MR) is 123 cm³/mol. The first-order valence-corrected chi connectivity index (χ1v) is 11.1. The second-order valence-corrected chi connectivity index (χ2v) is 8.41. The Labute approximate surface area is 184 Å². The molecule has 5 nitrogen and oxygen atoms in total. The van der Waals surface area contributed by atoms with Gasteiger partial charge in [0.2, 0.25) is 5.91 Å². The van der Waals surface area contributed by atoms with E-state index in [0.29, 0.717) is 12.3 Å². The molecule has 0 radical (unpaired) electrons. The fraction of sp³-hybridized carbons (Fsp3) is 0.346. The fourth-order valence-electron chi connectivity index (χ4n) is 4.39. The van der Waals surface area contributed by atoms with E-state index in [4.69, 9.17) is 5.73 Å². The summed E-state index contributed by atoms with van der Waals surface area (Å²) in [6.07, 6.45) is 10.00. The minimum Gasteiger partial charge on any atom is -0.347 e. The Morgan fingerprint density at radius 3 is 2.39 bits per heavy atom. The van der Waals surface area contributed by atoms with Crippen molar-refractivity contribution >= 4 is 5.91 Å². The Bertz CT molecular complexity index is 969. The number of carbonyl (C=O) groups is 1. The Balaban J connectivity index is 1.55. The first-order chi connectivity index (χ1) is 15.2. The molecule has 4 rings (SSSR count). The van der Waals surface area contributed by atoms with Gasteiger partial charge in [0.1, 0.15) is 0 Å². The number of amides is 1. The molecule has 0 aliphatic heterocycles. The summed E-state index contributed by atoms with van der Waals surface area (Å²) in [5.74, 6) is 0.750. The molecule has 160 valence electrons. The van der Waals surface area contributed by atoms with Crippen molar-refractivity contribution < 1.29 is 4.79 Å². The van der Waals surface area contributed by atoms with Crippen LogP contribution in [0.15, 0.2) is 73.2 Å². The van der Waals surface area contributed by atoms with Gasteiger partial charge in [-0.1, -0.05) is 30.3 Å². The molecule has 3 aromatic rings. The molecule has 1 unspecified atom stereocenters. The number of benzene rings is 1.